The number of piperazine rings is 1. The number of hydrogen-bond acceptors (Lipinski definition) is 9. The molecule has 44 heavy (non-hydrogen) atoms. The quantitative estimate of drug-likeness (QED) is 0.271. The second-order valence-electron chi connectivity index (χ2n) is 11.4. The van der Waals surface area contributed by atoms with Crippen LogP contribution in [0.5, 0.6) is 5.75 Å². The van der Waals surface area contributed by atoms with Crippen molar-refractivity contribution < 1.29 is 9.53 Å². The summed E-state index contributed by atoms with van der Waals surface area (Å²) < 4.78 is 7.69. The molecule has 2 aromatic carbocycles. The van der Waals surface area contributed by atoms with Gasteiger partial charge in [0.05, 0.1) is 41.6 Å². The van der Waals surface area contributed by atoms with Crippen molar-refractivity contribution in [3.05, 3.63) is 61.4 Å². The van der Waals surface area contributed by atoms with Crippen molar-refractivity contribution in [1.82, 2.24) is 29.5 Å². The lowest BCUT2D eigenvalue weighted by Gasteiger charge is -2.43. The number of carbonyl (C=O) groups is 1. The van der Waals surface area contributed by atoms with Gasteiger partial charge in [0.25, 0.3) is 0 Å². The van der Waals surface area contributed by atoms with Crippen LogP contribution in [0.25, 0.3) is 22.2 Å². The van der Waals surface area contributed by atoms with Gasteiger partial charge >= 0.3 is 0 Å². The number of aromatic nitrogens is 4. The second-order valence-corrected chi connectivity index (χ2v) is 11.4. The van der Waals surface area contributed by atoms with Crippen LogP contribution in [-0.2, 0) is 11.8 Å². The van der Waals surface area contributed by atoms with Crippen LogP contribution in [0.2, 0.25) is 0 Å². The van der Waals surface area contributed by atoms with Crippen LogP contribution in [0.3, 0.4) is 0 Å². The van der Waals surface area contributed by atoms with Gasteiger partial charge in [0.15, 0.2) is 0 Å². The number of rotatable bonds is 9. The highest BCUT2D eigenvalue weighted by Crippen LogP contribution is 2.39. The number of amides is 1. The van der Waals surface area contributed by atoms with E-state index in [2.05, 4.69) is 55.0 Å². The second kappa shape index (κ2) is 13.0. The fourth-order valence-electron chi connectivity index (χ4n) is 6.32. The van der Waals surface area contributed by atoms with Gasteiger partial charge in [0.1, 0.15) is 5.75 Å². The molecule has 0 bridgehead atoms. The monoisotopic (exact) mass is 595 g/mol. The summed E-state index contributed by atoms with van der Waals surface area (Å²) in [5.74, 6) is 0.792. The van der Waals surface area contributed by atoms with Crippen molar-refractivity contribution in [2.75, 3.05) is 68.5 Å². The molecule has 230 valence electrons. The average molecular weight is 596 g/mol. The molecule has 0 aliphatic carbocycles. The number of likely N-dealkylation sites (N-methyl/N-ethyl adjacent to an activating group) is 1. The Kier molecular flexibility index (Phi) is 8.76. The minimum atomic E-state index is -0.268. The van der Waals surface area contributed by atoms with Crippen LogP contribution in [0.15, 0.2) is 61.4 Å². The van der Waals surface area contributed by atoms with Crippen molar-refractivity contribution in [1.29, 1.82) is 0 Å². The minimum absolute atomic E-state index is 0.268. The number of fused-ring (bicyclic) bond motifs is 1. The summed E-state index contributed by atoms with van der Waals surface area (Å²) in [4.78, 5) is 29.3. The van der Waals surface area contributed by atoms with Crippen LogP contribution in [-0.4, -0.2) is 94.4 Å². The zero-order valence-electron chi connectivity index (χ0n) is 25.8. The first kappa shape index (κ1) is 29.6. The van der Waals surface area contributed by atoms with E-state index in [1.807, 2.05) is 48.3 Å². The molecule has 0 saturated carbocycles. The standard InChI is InChI=1S/C33H41N9O2/c1-5-32(43)36-27-20-28(38-33-34-12-9-26(37-33)23-7-8-29-24(19-23)22-35-39(29)3)31(44-4)21-30(27)42-13-10-25(11-14-42)41-17-15-40(6-2)16-18-41/h5,7-9,12,19-22,25H,1,6,10-11,13-18H2,2-4H3,(H,36,43)(H,34,37,38). The van der Waals surface area contributed by atoms with E-state index in [9.17, 15) is 4.79 Å². The van der Waals surface area contributed by atoms with E-state index in [1.165, 1.54) is 6.08 Å². The molecule has 6 rings (SSSR count). The first-order valence-corrected chi connectivity index (χ1v) is 15.3. The van der Waals surface area contributed by atoms with Crippen molar-refractivity contribution in [3.8, 4) is 17.0 Å². The van der Waals surface area contributed by atoms with E-state index in [4.69, 9.17) is 9.72 Å². The molecule has 0 radical (unpaired) electrons. The van der Waals surface area contributed by atoms with Crippen molar-refractivity contribution >= 4 is 39.8 Å². The van der Waals surface area contributed by atoms with Gasteiger partial charge in [-0.05, 0) is 49.7 Å². The summed E-state index contributed by atoms with van der Waals surface area (Å²) in [6.07, 6.45) is 7.02. The van der Waals surface area contributed by atoms with E-state index in [-0.39, 0.29) is 5.91 Å². The predicted molar refractivity (Wildman–Crippen MR) is 176 cm³/mol. The molecule has 2 aliphatic heterocycles. The number of nitrogens with zero attached hydrogens (tertiary/aromatic N) is 7. The number of methoxy groups -OCH3 is 1. The first-order valence-electron chi connectivity index (χ1n) is 15.3. The van der Waals surface area contributed by atoms with Gasteiger partial charge in [-0.3, -0.25) is 14.4 Å². The molecule has 11 heteroatoms. The Morgan fingerprint density at radius 3 is 2.59 bits per heavy atom. The summed E-state index contributed by atoms with van der Waals surface area (Å²) in [6.45, 7) is 13.4. The highest BCUT2D eigenvalue weighted by Gasteiger charge is 2.29. The molecule has 2 aromatic heterocycles. The van der Waals surface area contributed by atoms with E-state index in [0.29, 0.717) is 29.1 Å². The Labute approximate surface area is 258 Å². The van der Waals surface area contributed by atoms with Crippen LogP contribution in [0, 0.1) is 0 Å². The number of carbonyl (C=O) groups excluding carboxylic acids is 1. The molecule has 1 amide bonds. The first-order chi connectivity index (χ1) is 21.4. The molecule has 2 aliphatic rings. The molecule has 2 fully saturated rings. The highest BCUT2D eigenvalue weighted by atomic mass is 16.5. The largest absolute Gasteiger partial charge is 0.494 e. The van der Waals surface area contributed by atoms with Gasteiger partial charge in [-0.1, -0.05) is 19.6 Å². The van der Waals surface area contributed by atoms with Gasteiger partial charge in [0.2, 0.25) is 11.9 Å². The highest BCUT2D eigenvalue weighted by molar-refractivity contribution is 6.02. The Morgan fingerprint density at radius 1 is 1.07 bits per heavy atom. The molecule has 11 nitrogen and oxygen atoms in total. The molecule has 4 heterocycles. The zero-order chi connectivity index (χ0) is 30.6. The average Bonchev–Trinajstić information content (AvgIpc) is 3.44. The Balaban J connectivity index is 1.23. The van der Waals surface area contributed by atoms with Gasteiger partial charge in [-0.15, -0.1) is 0 Å². The summed E-state index contributed by atoms with van der Waals surface area (Å²) >= 11 is 0. The van der Waals surface area contributed by atoms with Gasteiger partial charge < -0.3 is 25.2 Å². The third kappa shape index (κ3) is 6.24. The van der Waals surface area contributed by atoms with Crippen LogP contribution in [0.1, 0.15) is 19.8 Å². The van der Waals surface area contributed by atoms with Crippen LogP contribution < -0.4 is 20.3 Å². The molecular formula is C33H41N9O2. The third-order valence-electron chi connectivity index (χ3n) is 8.88. The lowest BCUT2D eigenvalue weighted by atomic mass is 10.0. The maximum absolute atomic E-state index is 12.5. The van der Waals surface area contributed by atoms with E-state index in [1.54, 1.807) is 13.3 Å². The fraction of sp³-hybridized carbons (Fsp3) is 0.394. The van der Waals surface area contributed by atoms with Crippen molar-refractivity contribution in [3.63, 3.8) is 0 Å². The minimum Gasteiger partial charge on any atom is -0.494 e. The topological polar surface area (TPSA) is 104 Å². The smallest absolute Gasteiger partial charge is 0.247 e. The maximum atomic E-state index is 12.5. The number of nitrogens with one attached hydrogen (secondary N) is 2. The molecule has 0 unspecified atom stereocenters. The summed E-state index contributed by atoms with van der Waals surface area (Å²) in [7, 11) is 3.57. The van der Waals surface area contributed by atoms with Crippen molar-refractivity contribution in [2.24, 2.45) is 7.05 Å². The van der Waals surface area contributed by atoms with Crippen LogP contribution in [0.4, 0.5) is 23.0 Å². The molecule has 0 spiro atoms. The fourth-order valence-corrected chi connectivity index (χ4v) is 6.32. The lowest BCUT2D eigenvalue weighted by molar-refractivity contribution is -0.111. The van der Waals surface area contributed by atoms with E-state index in [0.717, 1.165) is 86.5 Å². The zero-order valence-corrected chi connectivity index (χ0v) is 25.8. The molecular weight excluding hydrogens is 554 g/mol. The normalized spacial score (nSPS) is 16.7. The summed E-state index contributed by atoms with van der Waals surface area (Å²) in [5.41, 5.74) is 5.07. The Hall–Kier alpha value is -4.48. The number of hydrogen-bond donors (Lipinski definition) is 2. The number of piperidine rings is 1. The SMILES string of the molecule is C=CC(=O)Nc1cc(Nc2nccc(-c3ccc4c(cnn4C)c3)n2)c(OC)cc1N1CCC(N2CCN(CC)CC2)CC1. The Bertz CT molecular complexity index is 1640. The number of anilines is 4. The summed E-state index contributed by atoms with van der Waals surface area (Å²) in [5, 5.41) is 11.7. The number of ether oxygens (including phenoxy) is 1. The van der Waals surface area contributed by atoms with E-state index < -0.39 is 0 Å². The van der Waals surface area contributed by atoms with Crippen molar-refractivity contribution in [2.45, 2.75) is 25.8 Å². The lowest BCUT2D eigenvalue weighted by Crippen LogP contribution is -2.53. The molecule has 0 atom stereocenters. The predicted octanol–water partition coefficient (Wildman–Crippen LogP) is 4.51. The van der Waals surface area contributed by atoms with Gasteiger partial charge in [0, 0.05) is 75.6 Å². The third-order valence-corrected chi connectivity index (χ3v) is 8.88. The number of aryl methyl sites for hydroxylation is 1. The van der Waals surface area contributed by atoms with E-state index >= 15 is 0 Å². The van der Waals surface area contributed by atoms with Crippen LogP contribution >= 0.6 is 0 Å². The van der Waals surface area contributed by atoms with Gasteiger partial charge in [-0.25, -0.2) is 9.97 Å². The van der Waals surface area contributed by atoms with Gasteiger partial charge in [-0.2, -0.15) is 5.10 Å². The molecule has 2 N–H and O–H groups in total. The molecule has 2 saturated heterocycles. The summed E-state index contributed by atoms with van der Waals surface area (Å²) in [6, 6.07) is 12.5. The Morgan fingerprint density at radius 2 is 1.86 bits per heavy atom. The maximum Gasteiger partial charge on any atom is 0.247 e. The molecule has 4 aromatic rings. The number of benzene rings is 2.